The van der Waals surface area contributed by atoms with Crippen LogP contribution >= 0.6 is 11.3 Å². The van der Waals surface area contributed by atoms with E-state index in [1.54, 1.807) is 22.9 Å². The Morgan fingerprint density at radius 3 is 2.75 bits per heavy atom. The van der Waals surface area contributed by atoms with Crippen molar-refractivity contribution >= 4 is 27.4 Å². The lowest BCUT2D eigenvalue weighted by molar-refractivity contribution is 0.100. The van der Waals surface area contributed by atoms with Crippen LogP contribution in [0.1, 0.15) is 44.1 Å². The van der Waals surface area contributed by atoms with E-state index in [1.165, 1.54) is 15.6 Å². The van der Waals surface area contributed by atoms with Crippen molar-refractivity contribution in [2.45, 2.75) is 64.8 Å². The number of likely N-dealkylation sites (tertiary alicyclic amines) is 1. The Hall–Kier alpha value is -1.88. The van der Waals surface area contributed by atoms with Gasteiger partial charge in [-0.25, -0.2) is 9.29 Å². The molecule has 0 radical (unpaired) electrons. The number of likely N-dealkylation sites (N-methyl/N-ethyl adjacent to an activating group) is 1. The van der Waals surface area contributed by atoms with Gasteiger partial charge in [-0.15, -0.1) is 11.3 Å². The van der Waals surface area contributed by atoms with Crippen molar-refractivity contribution in [3.63, 3.8) is 0 Å². The molecule has 2 fully saturated rings. The van der Waals surface area contributed by atoms with Crippen molar-refractivity contribution in [1.29, 1.82) is 0 Å². The van der Waals surface area contributed by atoms with Crippen LogP contribution in [-0.4, -0.2) is 65.5 Å². The number of aromatic hydroxyl groups is 1. The summed E-state index contributed by atoms with van der Waals surface area (Å²) in [5.74, 6) is 1.20. The molecule has 3 heterocycles. The van der Waals surface area contributed by atoms with Crippen LogP contribution in [-0.2, 0) is 16.8 Å². The number of rotatable bonds is 5. The lowest BCUT2D eigenvalue weighted by atomic mass is 9.83. The molecule has 8 nitrogen and oxygen atoms in total. The zero-order valence-corrected chi connectivity index (χ0v) is 20.9. The Kier molecular flexibility index (Phi) is 6.17. The first-order valence-corrected chi connectivity index (χ1v) is 13.2. The maximum absolute atomic E-state index is 13.2. The summed E-state index contributed by atoms with van der Waals surface area (Å²) in [6.07, 6.45) is 1.43. The predicted molar refractivity (Wildman–Crippen MR) is 127 cm³/mol. The van der Waals surface area contributed by atoms with E-state index in [-0.39, 0.29) is 17.9 Å². The number of hydrogen-bond acceptors (Lipinski definition) is 7. The summed E-state index contributed by atoms with van der Waals surface area (Å²) < 4.78 is 35.2. The van der Waals surface area contributed by atoms with Crippen LogP contribution in [0.15, 0.2) is 23.7 Å². The average molecular weight is 481 g/mol. The van der Waals surface area contributed by atoms with E-state index in [4.69, 9.17) is 4.74 Å². The van der Waals surface area contributed by atoms with Crippen LogP contribution in [0.4, 0.5) is 5.82 Å². The minimum absolute atomic E-state index is 0.0219. The van der Waals surface area contributed by atoms with Gasteiger partial charge in [-0.3, -0.25) is 4.90 Å². The molecule has 32 heavy (non-hydrogen) atoms. The number of anilines is 1. The number of aryl methyl sites for hydroxylation is 1. The summed E-state index contributed by atoms with van der Waals surface area (Å²) in [6, 6.07) is 5.66. The topological polar surface area (TPSA) is 86.2 Å². The van der Waals surface area contributed by atoms with Crippen LogP contribution in [0, 0.1) is 6.92 Å². The molecule has 0 amide bonds. The quantitative estimate of drug-likeness (QED) is 0.706. The molecule has 1 spiro atoms. The van der Waals surface area contributed by atoms with Crippen LogP contribution in [0.3, 0.4) is 0 Å². The molecular weight excluding hydrogens is 448 g/mol. The summed E-state index contributed by atoms with van der Waals surface area (Å²) in [4.78, 5) is 7.70. The number of piperidine rings is 1. The molecule has 0 aliphatic carbocycles. The Morgan fingerprint density at radius 1 is 1.38 bits per heavy atom. The van der Waals surface area contributed by atoms with E-state index in [1.807, 2.05) is 32.9 Å². The number of phenols is 1. The summed E-state index contributed by atoms with van der Waals surface area (Å²) >= 11 is 1.47. The maximum Gasteiger partial charge on any atom is 0.305 e. The molecule has 2 aliphatic rings. The number of thiazole rings is 1. The van der Waals surface area contributed by atoms with Crippen molar-refractivity contribution in [1.82, 2.24) is 14.2 Å². The minimum Gasteiger partial charge on any atom is -0.504 e. The molecule has 0 bridgehead atoms. The molecule has 176 valence electrons. The van der Waals surface area contributed by atoms with E-state index in [2.05, 4.69) is 16.8 Å². The van der Waals surface area contributed by atoms with Crippen molar-refractivity contribution in [3.8, 4) is 11.5 Å². The van der Waals surface area contributed by atoms with E-state index in [0.717, 1.165) is 29.8 Å². The van der Waals surface area contributed by atoms with Gasteiger partial charge in [-0.1, -0.05) is 6.07 Å². The summed E-state index contributed by atoms with van der Waals surface area (Å²) in [5, 5.41) is 10.1. The van der Waals surface area contributed by atoms with Crippen molar-refractivity contribution in [3.05, 3.63) is 34.2 Å². The van der Waals surface area contributed by atoms with Crippen molar-refractivity contribution < 1.29 is 18.3 Å². The molecule has 2 atom stereocenters. The fourth-order valence-corrected chi connectivity index (χ4v) is 7.34. The SMILES string of the molecule is Cc1scnc1N1[C@@]2(CCN(Cc3ccc(O)c(OC(C)C)c3)[C@@H](C)C2)CN(C)S1(=O)=O. The maximum atomic E-state index is 13.2. The molecule has 4 rings (SSSR count). The monoisotopic (exact) mass is 480 g/mol. The van der Waals surface area contributed by atoms with E-state index >= 15 is 0 Å². The fourth-order valence-electron chi connectivity index (χ4n) is 4.93. The van der Waals surface area contributed by atoms with Gasteiger partial charge in [-0.2, -0.15) is 12.7 Å². The first-order valence-electron chi connectivity index (χ1n) is 10.9. The first kappa shape index (κ1) is 23.3. The third-order valence-corrected chi connectivity index (χ3v) is 9.11. The number of aromatic nitrogens is 1. The molecule has 1 aromatic heterocycles. The molecule has 2 aromatic rings. The highest BCUT2D eigenvalue weighted by molar-refractivity contribution is 7.90. The highest BCUT2D eigenvalue weighted by Crippen LogP contribution is 2.45. The van der Waals surface area contributed by atoms with Gasteiger partial charge in [0.25, 0.3) is 0 Å². The van der Waals surface area contributed by atoms with Crippen LogP contribution in [0.2, 0.25) is 0 Å². The third-order valence-electron chi connectivity index (χ3n) is 6.42. The first-order chi connectivity index (χ1) is 15.0. The van der Waals surface area contributed by atoms with Gasteiger partial charge < -0.3 is 9.84 Å². The van der Waals surface area contributed by atoms with Crippen molar-refractivity contribution in [2.24, 2.45) is 0 Å². The molecule has 1 N–H and O–H groups in total. The highest BCUT2D eigenvalue weighted by Gasteiger charge is 2.56. The molecule has 2 saturated heterocycles. The molecule has 0 unspecified atom stereocenters. The highest BCUT2D eigenvalue weighted by atomic mass is 32.2. The zero-order chi connectivity index (χ0) is 23.3. The Bertz CT molecular complexity index is 1090. The Balaban J connectivity index is 1.56. The van der Waals surface area contributed by atoms with Crippen LogP contribution < -0.4 is 9.04 Å². The third kappa shape index (κ3) is 4.09. The van der Waals surface area contributed by atoms with Gasteiger partial charge in [0.15, 0.2) is 17.3 Å². The largest absolute Gasteiger partial charge is 0.504 e. The molecule has 1 aromatic carbocycles. The Labute approximate surface area is 194 Å². The summed E-state index contributed by atoms with van der Waals surface area (Å²) in [7, 11) is -1.94. The number of hydrogen-bond donors (Lipinski definition) is 1. The second-order valence-electron chi connectivity index (χ2n) is 9.23. The second kappa shape index (κ2) is 8.48. The second-order valence-corrected chi connectivity index (χ2v) is 12.2. The fraction of sp³-hybridized carbons (Fsp3) is 0.591. The van der Waals surface area contributed by atoms with Gasteiger partial charge in [0, 0.05) is 37.6 Å². The van der Waals surface area contributed by atoms with Crippen LogP contribution in [0.25, 0.3) is 0 Å². The summed E-state index contributed by atoms with van der Waals surface area (Å²) in [5.41, 5.74) is 2.28. The van der Waals surface area contributed by atoms with E-state index < -0.39 is 15.7 Å². The smallest absolute Gasteiger partial charge is 0.305 e. The molecule has 10 heteroatoms. The van der Waals surface area contributed by atoms with E-state index in [0.29, 0.717) is 24.7 Å². The molecule has 2 aliphatic heterocycles. The number of benzene rings is 1. The van der Waals surface area contributed by atoms with Gasteiger partial charge in [0.1, 0.15) is 0 Å². The van der Waals surface area contributed by atoms with Gasteiger partial charge >= 0.3 is 10.2 Å². The average Bonchev–Trinajstić information content (AvgIpc) is 3.18. The lowest BCUT2D eigenvalue weighted by Crippen LogP contribution is -2.57. The summed E-state index contributed by atoms with van der Waals surface area (Å²) in [6.45, 7) is 9.89. The number of ether oxygens (including phenoxy) is 1. The molecular formula is C22H32N4O4S2. The zero-order valence-electron chi connectivity index (χ0n) is 19.3. The predicted octanol–water partition coefficient (Wildman–Crippen LogP) is 3.36. The normalized spacial score (nSPS) is 26.3. The standard InChI is InChI=1S/C22H32N4O4S2/c1-15(2)30-20-10-18(6-7-19(20)27)12-25-9-8-22(11-16(25)3)13-24(5)32(28,29)26(22)21-17(4)31-14-23-21/h6-7,10,14-16,27H,8-9,11-13H2,1-5H3/t16-,22+/m0/s1. The molecule has 0 saturated carbocycles. The number of nitrogens with zero attached hydrogens (tertiary/aromatic N) is 4. The lowest BCUT2D eigenvalue weighted by Gasteiger charge is -2.46. The van der Waals surface area contributed by atoms with Crippen molar-refractivity contribution in [2.75, 3.05) is 24.4 Å². The minimum atomic E-state index is -3.59. The van der Waals surface area contributed by atoms with Gasteiger partial charge in [-0.05, 0) is 58.2 Å². The number of phenolic OH excluding ortho intramolecular Hbond substituents is 1. The van der Waals surface area contributed by atoms with Gasteiger partial charge in [0.05, 0.1) is 17.2 Å². The van der Waals surface area contributed by atoms with Crippen LogP contribution in [0.5, 0.6) is 11.5 Å². The van der Waals surface area contributed by atoms with E-state index in [9.17, 15) is 13.5 Å². The van der Waals surface area contributed by atoms with Gasteiger partial charge in [0.2, 0.25) is 0 Å². The Morgan fingerprint density at radius 2 is 2.12 bits per heavy atom.